The van der Waals surface area contributed by atoms with Gasteiger partial charge in [0.25, 0.3) is 0 Å². The molecule has 0 aliphatic carbocycles. The molecule has 1 aliphatic heterocycles. The van der Waals surface area contributed by atoms with E-state index in [1.54, 1.807) is 0 Å². The standard InChI is InChI=1S/C15H22N2OS2/c16-14(7-6-12-4-2-1-3-5-12)15(18)17-10-13-11-19-8-9-20-13/h1-5,13-14H,6-11,16H2,(H,17,18). The van der Waals surface area contributed by atoms with Gasteiger partial charge >= 0.3 is 0 Å². The van der Waals surface area contributed by atoms with E-state index in [2.05, 4.69) is 17.4 Å². The van der Waals surface area contributed by atoms with Crippen LogP contribution in [-0.4, -0.2) is 41.0 Å². The highest BCUT2D eigenvalue weighted by molar-refractivity contribution is 8.06. The minimum Gasteiger partial charge on any atom is -0.354 e. The van der Waals surface area contributed by atoms with Crippen molar-refractivity contribution in [3.8, 4) is 0 Å². The molecule has 110 valence electrons. The van der Waals surface area contributed by atoms with Crippen LogP contribution in [0, 0.1) is 0 Å². The van der Waals surface area contributed by atoms with E-state index in [1.165, 1.54) is 17.1 Å². The first kappa shape index (κ1) is 15.7. The highest BCUT2D eigenvalue weighted by atomic mass is 32.2. The van der Waals surface area contributed by atoms with Gasteiger partial charge in [-0.15, -0.1) is 0 Å². The first-order valence-corrected chi connectivity index (χ1v) is 9.22. The maximum atomic E-state index is 12.0. The fourth-order valence-electron chi connectivity index (χ4n) is 2.10. The number of amides is 1. The van der Waals surface area contributed by atoms with Crippen molar-refractivity contribution in [1.29, 1.82) is 0 Å². The lowest BCUT2D eigenvalue weighted by Gasteiger charge is -2.22. The Kier molecular flexibility index (Phi) is 6.76. The smallest absolute Gasteiger partial charge is 0.236 e. The number of aryl methyl sites for hydroxylation is 1. The summed E-state index contributed by atoms with van der Waals surface area (Å²) in [5.41, 5.74) is 7.19. The SMILES string of the molecule is NC(CCc1ccccc1)C(=O)NCC1CSCCS1. The Bertz CT molecular complexity index is 408. The minimum absolute atomic E-state index is 0.0166. The molecule has 1 amide bonds. The van der Waals surface area contributed by atoms with E-state index in [4.69, 9.17) is 5.73 Å². The maximum Gasteiger partial charge on any atom is 0.236 e. The summed E-state index contributed by atoms with van der Waals surface area (Å²) in [4.78, 5) is 12.0. The zero-order valence-electron chi connectivity index (χ0n) is 11.6. The molecule has 1 fully saturated rings. The van der Waals surface area contributed by atoms with Gasteiger partial charge in [-0.3, -0.25) is 4.79 Å². The number of hydrogen-bond acceptors (Lipinski definition) is 4. The van der Waals surface area contributed by atoms with Crippen molar-refractivity contribution in [2.45, 2.75) is 24.1 Å². The van der Waals surface area contributed by atoms with Crippen molar-refractivity contribution in [2.75, 3.05) is 23.8 Å². The summed E-state index contributed by atoms with van der Waals surface area (Å²) in [5, 5.41) is 3.53. The van der Waals surface area contributed by atoms with Crippen LogP contribution >= 0.6 is 23.5 Å². The topological polar surface area (TPSA) is 55.1 Å². The monoisotopic (exact) mass is 310 g/mol. The summed E-state index contributed by atoms with van der Waals surface area (Å²) < 4.78 is 0. The van der Waals surface area contributed by atoms with Crippen molar-refractivity contribution in [2.24, 2.45) is 5.73 Å². The van der Waals surface area contributed by atoms with Crippen LogP contribution in [-0.2, 0) is 11.2 Å². The lowest BCUT2D eigenvalue weighted by Crippen LogP contribution is -2.44. The molecule has 1 aromatic rings. The van der Waals surface area contributed by atoms with E-state index < -0.39 is 6.04 Å². The number of rotatable bonds is 6. The second kappa shape index (κ2) is 8.60. The molecule has 20 heavy (non-hydrogen) atoms. The maximum absolute atomic E-state index is 12.0. The molecule has 0 radical (unpaired) electrons. The summed E-state index contributed by atoms with van der Waals surface area (Å²) in [6.07, 6.45) is 1.55. The molecule has 1 heterocycles. The molecule has 1 aromatic carbocycles. The second-order valence-corrected chi connectivity index (χ2v) is 7.50. The van der Waals surface area contributed by atoms with E-state index >= 15 is 0 Å². The molecule has 0 bridgehead atoms. The molecule has 0 aromatic heterocycles. The fourth-order valence-corrected chi connectivity index (χ4v) is 4.71. The van der Waals surface area contributed by atoms with Gasteiger partial charge in [0, 0.05) is 29.1 Å². The zero-order chi connectivity index (χ0) is 14.2. The Balaban J connectivity index is 1.66. The predicted octanol–water partition coefficient (Wildman–Crippen LogP) is 1.91. The molecule has 1 saturated heterocycles. The van der Waals surface area contributed by atoms with Gasteiger partial charge in [-0.2, -0.15) is 23.5 Å². The molecule has 2 rings (SSSR count). The number of nitrogens with two attached hydrogens (primary N) is 1. The number of carbonyl (C=O) groups excluding carboxylic acids is 1. The summed E-state index contributed by atoms with van der Waals surface area (Å²) in [7, 11) is 0. The van der Waals surface area contributed by atoms with Crippen LogP contribution in [0.4, 0.5) is 0 Å². The summed E-state index contributed by atoms with van der Waals surface area (Å²) in [6, 6.07) is 9.76. The van der Waals surface area contributed by atoms with E-state index in [9.17, 15) is 4.79 Å². The average molecular weight is 310 g/mol. The molecular formula is C15H22N2OS2. The molecule has 2 atom stereocenters. The Hall–Kier alpha value is -0.650. The zero-order valence-corrected chi connectivity index (χ0v) is 13.2. The highest BCUT2D eigenvalue weighted by Crippen LogP contribution is 2.23. The summed E-state index contributed by atoms with van der Waals surface area (Å²) >= 11 is 3.92. The molecule has 0 saturated carbocycles. The first-order chi connectivity index (χ1) is 9.75. The van der Waals surface area contributed by atoms with E-state index in [0.29, 0.717) is 11.7 Å². The minimum atomic E-state index is -0.406. The van der Waals surface area contributed by atoms with Gasteiger partial charge in [-0.25, -0.2) is 0 Å². The number of carbonyl (C=O) groups is 1. The average Bonchev–Trinajstić information content (AvgIpc) is 2.52. The van der Waals surface area contributed by atoms with Crippen LogP contribution in [0.1, 0.15) is 12.0 Å². The Morgan fingerprint density at radius 3 is 2.85 bits per heavy atom. The Labute approximate surface area is 129 Å². The number of hydrogen-bond donors (Lipinski definition) is 2. The third-order valence-electron chi connectivity index (χ3n) is 3.31. The van der Waals surface area contributed by atoms with Crippen molar-refractivity contribution >= 4 is 29.4 Å². The molecule has 1 aliphatic rings. The Morgan fingerprint density at radius 1 is 1.35 bits per heavy atom. The molecule has 2 unspecified atom stereocenters. The summed E-state index contributed by atoms with van der Waals surface area (Å²) in [5.74, 6) is 3.53. The fraction of sp³-hybridized carbons (Fsp3) is 0.533. The van der Waals surface area contributed by atoms with E-state index in [0.717, 1.165) is 18.7 Å². The van der Waals surface area contributed by atoms with Crippen LogP contribution < -0.4 is 11.1 Å². The lowest BCUT2D eigenvalue weighted by molar-refractivity contribution is -0.122. The van der Waals surface area contributed by atoms with Crippen LogP contribution in [0.15, 0.2) is 30.3 Å². The van der Waals surface area contributed by atoms with Crippen molar-refractivity contribution in [3.63, 3.8) is 0 Å². The quantitative estimate of drug-likeness (QED) is 0.843. The van der Waals surface area contributed by atoms with Gasteiger partial charge in [0.15, 0.2) is 0 Å². The van der Waals surface area contributed by atoms with Crippen molar-refractivity contribution in [1.82, 2.24) is 5.32 Å². The van der Waals surface area contributed by atoms with Crippen LogP contribution in [0.25, 0.3) is 0 Å². The van der Waals surface area contributed by atoms with E-state index in [-0.39, 0.29) is 5.91 Å². The number of thioether (sulfide) groups is 2. The molecule has 0 spiro atoms. The lowest BCUT2D eigenvalue weighted by atomic mass is 10.1. The Morgan fingerprint density at radius 2 is 2.15 bits per heavy atom. The number of nitrogens with one attached hydrogen (secondary N) is 1. The van der Waals surface area contributed by atoms with E-state index in [1.807, 2.05) is 41.7 Å². The van der Waals surface area contributed by atoms with Crippen molar-refractivity contribution < 1.29 is 4.79 Å². The van der Waals surface area contributed by atoms with Crippen molar-refractivity contribution in [3.05, 3.63) is 35.9 Å². The van der Waals surface area contributed by atoms with Crippen LogP contribution in [0.5, 0.6) is 0 Å². The second-order valence-electron chi connectivity index (χ2n) is 4.94. The third kappa shape index (κ3) is 5.38. The molecular weight excluding hydrogens is 288 g/mol. The number of benzene rings is 1. The van der Waals surface area contributed by atoms with Crippen LogP contribution in [0.3, 0.4) is 0 Å². The normalized spacial score (nSPS) is 20.4. The molecule has 3 N–H and O–H groups in total. The molecule has 3 nitrogen and oxygen atoms in total. The summed E-state index contributed by atoms with van der Waals surface area (Å²) in [6.45, 7) is 0.746. The highest BCUT2D eigenvalue weighted by Gasteiger charge is 2.18. The molecule has 5 heteroatoms. The van der Waals surface area contributed by atoms with Gasteiger partial charge in [0.1, 0.15) is 0 Å². The van der Waals surface area contributed by atoms with Gasteiger partial charge in [-0.05, 0) is 18.4 Å². The van der Waals surface area contributed by atoms with Crippen LogP contribution in [0.2, 0.25) is 0 Å². The van der Waals surface area contributed by atoms with Gasteiger partial charge < -0.3 is 11.1 Å². The van der Waals surface area contributed by atoms with Gasteiger partial charge in [-0.1, -0.05) is 30.3 Å². The van der Waals surface area contributed by atoms with Gasteiger partial charge in [0.2, 0.25) is 5.91 Å². The third-order valence-corrected chi connectivity index (χ3v) is 6.16. The largest absolute Gasteiger partial charge is 0.354 e. The first-order valence-electron chi connectivity index (χ1n) is 7.02. The predicted molar refractivity (Wildman–Crippen MR) is 89.3 cm³/mol. The van der Waals surface area contributed by atoms with Gasteiger partial charge in [0.05, 0.1) is 6.04 Å².